The zero-order chi connectivity index (χ0) is 21.1. The maximum Gasteiger partial charge on any atom is 0.338 e. The first-order valence-electron chi connectivity index (χ1n) is 8.36. The Labute approximate surface area is 163 Å². The maximum absolute atomic E-state index is 12.4. The van der Waals surface area contributed by atoms with Crippen LogP contribution in [-0.2, 0) is 19.6 Å². The number of sulfonamides is 1. The normalized spacial score (nSPS) is 12.5. The summed E-state index contributed by atoms with van der Waals surface area (Å²) in [7, 11) is -0.825. The predicted octanol–water partition coefficient (Wildman–Crippen LogP) is 2.13. The van der Waals surface area contributed by atoms with Gasteiger partial charge in [0.25, 0.3) is 5.91 Å². The molecule has 2 aromatic carbocycles. The monoisotopic (exact) mass is 406 g/mol. The van der Waals surface area contributed by atoms with E-state index < -0.39 is 28.0 Å². The summed E-state index contributed by atoms with van der Waals surface area (Å²) in [6.45, 7) is 3.12. The highest BCUT2D eigenvalue weighted by molar-refractivity contribution is 7.89. The predicted molar refractivity (Wildman–Crippen MR) is 104 cm³/mol. The van der Waals surface area contributed by atoms with Crippen LogP contribution >= 0.6 is 0 Å². The fraction of sp³-hybridized carbons (Fsp3) is 0.263. The van der Waals surface area contributed by atoms with Crippen LogP contribution in [0.2, 0.25) is 0 Å². The van der Waals surface area contributed by atoms with Crippen LogP contribution in [0.25, 0.3) is 0 Å². The molecule has 0 aliphatic heterocycles. The molecule has 2 aromatic rings. The maximum atomic E-state index is 12.4. The smallest absolute Gasteiger partial charge is 0.338 e. The number of benzene rings is 2. The molecule has 150 valence electrons. The molecule has 0 heterocycles. The summed E-state index contributed by atoms with van der Waals surface area (Å²) in [5, 5.41) is 11.8. The minimum absolute atomic E-state index is 0.00498. The first-order valence-corrected chi connectivity index (χ1v) is 9.80. The zero-order valence-corrected chi connectivity index (χ0v) is 16.8. The number of phenols is 1. The van der Waals surface area contributed by atoms with E-state index in [4.69, 9.17) is 4.74 Å². The van der Waals surface area contributed by atoms with Crippen molar-refractivity contribution in [1.29, 1.82) is 0 Å². The van der Waals surface area contributed by atoms with Crippen LogP contribution in [0.3, 0.4) is 0 Å². The molecule has 0 spiro atoms. The number of anilines is 1. The Morgan fingerprint density at radius 1 is 1.11 bits per heavy atom. The van der Waals surface area contributed by atoms with Crippen LogP contribution in [0.15, 0.2) is 47.4 Å². The van der Waals surface area contributed by atoms with E-state index in [0.29, 0.717) is 11.3 Å². The third kappa shape index (κ3) is 4.87. The lowest BCUT2D eigenvalue weighted by Crippen LogP contribution is -2.30. The third-order valence-corrected chi connectivity index (χ3v) is 5.81. The molecule has 1 amide bonds. The molecule has 8 nitrogen and oxygen atoms in total. The van der Waals surface area contributed by atoms with Gasteiger partial charge in [-0.3, -0.25) is 4.79 Å². The van der Waals surface area contributed by atoms with Crippen LogP contribution < -0.4 is 5.32 Å². The van der Waals surface area contributed by atoms with Crippen molar-refractivity contribution in [3.05, 3.63) is 53.6 Å². The summed E-state index contributed by atoms with van der Waals surface area (Å²) >= 11 is 0. The Hall–Kier alpha value is -2.91. The number of amides is 1. The summed E-state index contributed by atoms with van der Waals surface area (Å²) in [5.41, 5.74) is 1.15. The second kappa shape index (κ2) is 8.41. The van der Waals surface area contributed by atoms with Gasteiger partial charge in [-0.15, -0.1) is 0 Å². The molecule has 9 heteroatoms. The third-order valence-electron chi connectivity index (χ3n) is 4.00. The van der Waals surface area contributed by atoms with E-state index in [9.17, 15) is 23.1 Å². The van der Waals surface area contributed by atoms with E-state index in [1.54, 1.807) is 13.0 Å². The molecule has 0 aromatic heterocycles. The number of hydrogen-bond donors (Lipinski definition) is 2. The van der Waals surface area contributed by atoms with Crippen LogP contribution in [0, 0.1) is 6.92 Å². The molecule has 28 heavy (non-hydrogen) atoms. The Morgan fingerprint density at radius 2 is 1.71 bits per heavy atom. The summed E-state index contributed by atoms with van der Waals surface area (Å²) < 4.78 is 30.7. The Morgan fingerprint density at radius 3 is 2.29 bits per heavy atom. The minimum atomic E-state index is -3.65. The second-order valence-corrected chi connectivity index (χ2v) is 8.50. The van der Waals surface area contributed by atoms with E-state index in [2.05, 4.69) is 5.32 Å². The van der Waals surface area contributed by atoms with Gasteiger partial charge < -0.3 is 15.2 Å². The van der Waals surface area contributed by atoms with E-state index in [0.717, 1.165) is 4.31 Å². The summed E-state index contributed by atoms with van der Waals surface area (Å²) in [5.74, 6) is -1.32. The summed E-state index contributed by atoms with van der Waals surface area (Å²) in [6.07, 6.45) is -1.12. The van der Waals surface area contributed by atoms with Gasteiger partial charge in [0.2, 0.25) is 10.0 Å². The van der Waals surface area contributed by atoms with Crippen LogP contribution in [0.4, 0.5) is 5.69 Å². The highest BCUT2D eigenvalue weighted by Gasteiger charge is 2.22. The first-order chi connectivity index (χ1) is 13.0. The van der Waals surface area contributed by atoms with Gasteiger partial charge >= 0.3 is 5.97 Å². The van der Waals surface area contributed by atoms with Crippen LogP contribution in [-0.4, -0.2) is 49.9 Å². The zero-order valence-electron chi connectivity index (χ0n) is 16.0. The number of nitrogens with zero attached hydrogens (tertiary/aromatic N) is 1. The van der Waals surface area contributed by atoms with Gasteiger partial charge in [-0.2, -0.15) is 0 Å². The molecule has 0 aliphatic carbocycles. The standard InChI is InChI=1S/C19H22N2O6S/c1-12-5-10-16(28(25,26)21(3)4)11-17(12)20-18(23)13(2)27-19(24)14-6-8-15(22)9-7-14/h5-11,13,22H,1-4H3,(H,20,23). The number of phenolic OH excluding ortho intramolecular Hbond substituents is 1. The first kappa shape index (κ1) is 21.4. The molecular formula is C19H22N2O6S. The second-order valence-electron chi connectivity index (χ2n) is 6.35. The Kier molecular flexibility index (Phi) is 6.42. The molecule has 0 saturated heterocycles. The van der Waals surface area contributed by atoms with Crippen molar-refractivity contribution in [2.75, 3.05) is 19.4 Å². The number of carbonyl (C=O) groups excluding carboxylic acids is 2. The SMILES string of the molecule is Cc1ccc(S(=O)(=O)N(C)C)cc1NC(=O)C(C)OC(=O)c1ccc(O)cc1. The number of carbonyl (C=O) groups is 2. The highest BCUT2D eigenvalue weighted by Crippen LogP contribution is 2.22. The number of rotatable bonds is 6. The largest absolute Gasteiger partial charge is 0.508 e. The number of ether oxygens (including phenoxy) is 1. The molecule has 0 fully saturated rings. The lowest BCUT2D eigenvalue weighted by atomic mass is 10.2. The average Bonchev–Trinajstić information content (AvgIpc) is 2.63. The fourth-order valence-corrected chi connectivity index (χ4v) is 3.15. The molecular weight excluding hydrogens is 384 g/mol. The van der Waals surface area contributed by atoms with Crippen molar-refractivity contribution < 1.29 is 27.9 Å². The van der Waals surface area contributed by atoms with Gasteiger partial charge in [0.15, 0.2) is 6.10 Å². The molecule has 1 atom stereocenters. The van der Waals surface area contributed by atoms with Gasteiger partial charge in [0, 0.05) is 19.8 Å². The number of aryl methyl sites for hydroxylation is 1. The van der Waals surface area contributed by atoms with Gasteiger partial charge in [-0.05, 0) is 55.8 Å². The number of nitrogens with one attached hydrogen (secondary N) is 1. The number of esters is 1. The molecule has 2 N–H and O–H groups in total. The van der Waals surface area contributed by atoms with E-state index in [1.165, 1.54) is 57.4 Å². The number of aromatic hydroxyl groups is 1. The summed E-state index contributed by atoms with van der Waals surface area (Å²) in [6, 6.07) is 9.82. The van der Waals surface area contributed by atoms with Gasteiger partial charge in [-0.1, -0.05) is 6.07 Å². The molecule has 0 aliphatic rings. The van der Waals surface area contributed by atoms with E-state index >= 15 is 0 Å². The quantitative estimate of drug-likeness (QED) is 0.711. The van der Waals surface area contributed by atoms with Crippen molar-refractivity contribution in [2.45, 2.75) is 24.8 Å². The average molecular weight is 406 g/mol. The molecule has 2 rings (SSSR count). The Bertz CT molecular complexity index is 984. The van der Waals surface area contributed by atoms with Crippen molar-refractivity contribution in [3.63, 3.8) is 0 Å². The summed E-state index contributed by atoms with van der Waals surface area (Å²) in [4.78, 5) is 24.5. The van der Waals surface area contributed by atoms with Crippen LogP contribution in [0.5, 0.6) is 5.75 Å². The van der Waals surface area contributed by atoms with E-state index in [-0.39, 0.29) is 16.2 Å². The van der Waals surface area contributed by atoms with E-state index in [1.807, 2.05) is 0 Å². The van der Waals surface area contributed by atoms with Gasteiger partial charge in [0.1, 0.15) is 5.75 Å². The lowest BCUT2D eigenvalue weighted by molar-refractivity contribution is -0.123. The Balaban J connectivity index is 2.13. The van der Waals surface area contributed by atoms with Crippen LogP contribution in [0.1, 0.15) is 22.8 Å². The highest BCUT2D eigenvalue weighted by atomic mass is 32.2. The van der Waals surface area contributed by atoms with Gasteiger partial charge in [-0.25, -0.2) is 17.5 Å². The fourth-order valence-electron chi connectivity index (χ4n) is 2.22. The molecule has 1 unspecified atom stereocenters. The number of hydrogen-bond acceptors (Lipinski definition) is 6. The van der Waals surface area contributed by atoms with Crippen molar-refractivity contribution in [2.24, 2.45) is 0 Å². The topological polar surface area (TPSA) is 113 Å². The molecule has 0 bridgehead atoms. The lowest BCUT2D eigenvalue weighted by Gasteiger charge is -2.17. The minimum Gasteiger partial charge on any atom is -0.508 e. The van der Waals surface area contributed by atoms with Gasteiger partial charge in [0.05, 0.1) is 10.5 Å². The van der Waals surface area contributed by atoms with Crippen molar-refractivity contribution in [3.8, 4) is 5.75 Å². The molecule has 0 radical (unpaired) electrons. The molecule has 0 saturated carbocycles. The van der Waals surface area contributed by atoms with Crippen molar-refractivity contribution >= 4 is 27.6 Å². The van der Waals surface area contributed by atoms with Crippen molar-refractivity contribution in [1.82, 2.24) is 4.31 Å².